The predicted octanol–water partition coefficient (Wildman–Crippen LogP) is 3.03. The standard InChI is InChI=1S/C14H20ClNO2S/c1-16-13-8-3-2-4-9-14(13)19(17,18)12-7-5-6-11(15)10-12/h5-7,10,13-14,16H,2-4,8-9H2,1H3. The fraction of sp³-hybridized carbons (Fsp3) is 0.571. The first kappa shape index (κ1) is 14.8. The van der Waals surface area contributed by atoms with E-state index in [2.05, 4.69) is 5.32 Å². The summed E-state index contributed by atoms with van der Waals surface area (Å²) < 4.78 is 25.5. The van der Waals surface area contributed by atoms with Crippen molar-refractivity contribution >= 4 is 21.4 Å². The van der Waals surface area contributed by atoms with Gasteiger partial charge in [0, 0.05) is 11.1 Å². The van der Waals surface area contributed by atoms with E-state index in [4.69, 9.17) is 11.6 Å². The van der Waals surface area contributed by atoms with Gasteiger partial charge in [-0.2, -0.15) is 0 Å². The Morgan fingerprint density at radius 3 is 2.63 bits per heavy atom. The third-order valence-corrected chi connectivity index (χ3v) is 6.35. The average molecular weight is 302 g/mol. The van der Waals surface area contributed by atoms with E-state index in [0.717, 1.165) is 32.1 Å². The van der Waals surface area contributed by atoms with Crippen LogP contribution >= 0.6 is 11.6 Å². The lowest BCUT2D eigenvalue weighted by atomic mass is 10.1. The molecule has 0 radical (unpaired) electrons. The van der Waals surface area contributed by atoms with Crippen LogP contribution < -0.4 is 5.32 Å². The minimum absolute atomic E-state index is 0.0338. The Balaban J connectivity index is 2.36. The number of halogens is 1. The molecule has 1 aliphatic carbocycles. The molecule has 1 N–H and O–H groups in total. The van der Waals surface area contributed by atoms with E-state index >= 15 is 0 Å². The van der Waals surface area contributed by atoms with E-state index in [1.165, 1.54) is 0 Å². The van der Waals surface area contributed by atoms with Gasteiger partial charge in [-0.15, -0.1) is 0 Å². The van der Waals surface area contributed by atoms with E-state index in [1.807, 2.05) is 7.05 Å². The van der Waals surface area contributed by atoms with Crippen LogP contribution in [0.3, 0.4) is 0 Å². The maximum atomic E-state index is 12.8. The van der Waals surface area contributed by atoms with Crippen molar-refractivity contribution in [1.29, 1.82) is 0 Å². The lowest BCUT2D eigenvalue weighted by molar-refractivity contribution is 0.480. The van der Waals surface area contributed by atoms with Crippen molar-refractivity contribution in [1.82, 2.24) is 5.32 Å². The summed E-state index contributed by atoms with van der Waals surface area (Å²) in [5.41, 5.74) is 0. The van der Waals surface area contributed by atoms with Crippen molar-refractivity contribution in [3.05, 3.63) is 29.3 Å². The van der Waals surface area contributed by atoms with Gasteiger partial charge in [-0.1, -0.05) is 36.9 Å². The average Bonchev–Trinajstić information content (AvgIpc) is 2.64. The lowest BCUT2D eigenvalue weighted by Crippen LogP contribution is -2.41. The van der Waals surface area contributed by atoms with Crippen LogP contribution in [0.2, 0.25) is 5.02 Å². The number of sulfone groups is 1. The normalized spacial score (nSPS) is 24.9. The van der Waals surface area contributed by atoms with Gasteiger partial charge in [0.25, 0.3) is 0 Å². The number of rotatable bonds is 3. The van der Waals surface area contributed by atoms with Crippen LogP contribution in [0.5, 0.6) is 0 Å². The van der Waals surface area contributed by atoms with Gasteiger partial charge in [0.15, 0.2) is 9.84 Å². The van der Waals surface area contributed by atoms with Crippen LogP contribution in [0.15, 0.2) is 29.2 Å². The lowest BCUT2D eigenvalue weighted by Gasteiger charge is -2.24. The number of benzene rings is 1. The van der Waals surface area contributed by atoms with Gasteiger partial charge in [-0.25, -0.2) is 8.42 Å². The molecule has 1 fully saturated rings. The van der Waals surface area contributed by atoms with Crippen molar-refractivity contribution < 1.29 is 8.42 Å². The molecule has 2 rings (SSSR count). The van der Waals surface area contributed by atoms with Crippen LogP contribution in [0.4, 0.5) is 0 Å². The van der Waals surface area contributed by atoms with Gasteiger partial charge in [0.2, 0.25) is 0 Å². The summed E-state index contributed by atoms with van der Waals surface area (Å²) in [6, 6.07) is 6.61. The Morgan fingerprint density at radius 1 is 1.21 bits per heavy atom. The molecule has 3 nitrogen and oxygen atoms in total. The summed E-state index contributed by atoms with van der Waals surface area (Å²) in [6.45, 7) is 0. The van der Waals surface area contributed by atoms with Gasteiger partial charge >= 0.3 is 0 Å². The SMILES string of the molecule is CNC1CCCCCC1S(=O)(=O)c1cccc(Cl)c1. The molecule has 0 heterocycles. The van der Waals surface area contributed by atoms with Gasteiger partial charge in [0.05, 0.1) is 10.1 Å². The third kappa shape index (κ3) is 3.30. The smallest absolute Gasteiger partial charge is 0.182 e. The number of hydrogen-bond acceptors (Lipinski definition) is 3. The number of hydrogen-bond donors (Lipinski definition) is 1. The molecular formula is C14H20ClNO2S. The van der Waals surface area contributed by atoms with Gasteiger partial charge in [0.1, 0.15) is 0 Å². The summed E-state index contributed by atoms with van der Waals surface area (Å²) >= 11 is 5.91. The quantitative estimate of drug-likeness (QED) is 0.873. The second-order valence-corrected chi connectivity index (χ2v) is 7.68. The van der Waals surface area contributed by atoms with Crippen molar-refractivity contribution in [2.45, 2.75) is 48.3 Å². The highest BCUT2D eigenvalue weighted by Crippen LogP contribution is 2.29. The third-order valence-electron chi connectivity index (χ3n) is 3.85. The summed E-state index contributed by atoms with van der Waals surface area (Å²) in [7, 11) is -1.47. The van der Waals surface area contributed by atoms with Crippen LogP contribution in [-0.2, 0) is 9.84 Å². The Bertz CT molecular complexity index is 530. The second kappa shape index (κ2) is 6.25. The first-order valence-electron chi connectivity index (χ1n) is 6.72. The van der Waals surface area contributed by atoms with E-state index in [1.54, 1.807) is 24.3 Å². The van der Waals surface area contributed by atoms with Crippen molar-refractivity contribution in [3.63, 3.8) is 0 Å². The highest BCUT2D eigenvalue weighted by atomic mass is 35.5. The van der Waals surface area contributed by atoms with Crippen molar-refractivity contribution in [2.75, 3.05) is 7.05 Å². The zero-order valence-corrected chi connectivity index (χ0v) is 12.7. The molecule has 1 aromatic rings. The molecule has 0 amide bonds. The molecule has 5 heteroatoms. The maximum absolute atomic E-state index is 12.8. The topological polar surface area (TPSA) is 46.2 Å². The summed E-state index contributed by atoms with van der Waals surface area (Å²) in [5.74, 6) is 0. The van der Waals surface area contributed by atoms with Crippen LogP contribution in [0.25, 0.3) is 0 Å². The summed E-state index contributed by atoms with van der Waals surface area (Å²) in [4.78, 5) is 0.340. The minimum atomic E-state index is -3.32. The molecule has 0 spiro atoms. The predicted molar refractivity (Wildman–Crippen MR) is 78.4 cm³/mol. The summed E-state index contributed by atoms with van der Waals surface area (Å²) in [5, 5.41) is 3.29. The summed E-state index contributed by atoms with van der Waals surface area (Å²) in [6.07, 6.45) is 4.82. The Labute approximate surface area is 120 Å². The zero-order chi connectivity index (χ0) is 13.9. The molecular weight excluding hydrogens is 282 g/mol. The molecule has 2 atom stereocenters. The van der Waals surface area contributed by atoms with Crippen LogP contribution in [-0.4, -0.2) is 26.8 Å². The van der Waals surface area contributed by atoms with Crippen molar-refractivity contribution in [3.8, 4) is 0 Å². The fourth-order valence-electron chi connectivity index (χ4n) is 2.79. The van der Waals surface area contributed by atoms with E-state index in [9.17, 15) is 8.42 Å². The first-order valence-corrected chi connectivity index (χ1v) is 8.65. The molecule has 1 saturated carbocycles. The Kier molecular flexibility index (Phi) is 4.87. The molecule has 0 aliphatic heterocycles. The molecule has 106 valence electrons. The Hall–Kier alpha value is -0.580. The van der Waals surface area contributed by atoms with Gasteiger partial charge in [-0.3, -0.25) is 0 Å². The monoisotopic (exact) mass is 301 g/mol. The van der Waals surface area contributed by atoms with E-state index < -0.39 is 9.84 Å². The highest BCUT2D eigenvalue weighted by Gasteiger charge is 2.34. The van der Waals surface area contributed by atoms with Crippen molar-refractivity contribution in [2.24, 2.45) is 0 Å². The second-order valence-electron chi connectivity index (χ2n) is 5.07. The van der Waals surface area contributed by atoms with Crippen LogP contribution in [0.1, 0.15) is 32.1 Å². The molecule has 2 unspecified atom stereocenters. The molecule has 0 bridgehead atoms. The van der Waals surface area contributed by atoms with Gasteiger partial charge in [-0.05, 0) is 38.1 Å². The van der Waals surface area contributed by atoms with E-state index in [0.29, 0.717) is 9.92 Å². The highest BCUT2D eigenvalue weighted by molar-refractivity contribution is 7.92. The maximum Gasteiger partial charge on any atom is 0.182 e. The molecule has 1 aliphatic rings. The largest absolute Gasteiger partial charge is 0.316 e. The number of nitrogens with one attached hydrogen (secondary N) is 1. The molecule has 0 aromatic heterocycles. The Morgan fingerprint density at radius 2 is 1.95 bits per heavy atom. The molecule has 19 heavy (non-hydrogen) atoms. The van der Waals surface area contributed by atoms with Gasteiger partial charge < -0.3 is 5.32 Å². The molecule has 1 aromatic carbocycles. The fourth-order valence-corrected chi connectivity index (χ4v) is 5.14. The minimum Gasteiger partial charge on any atom is -0.316 e. The first-order chi connectivity index (χ1) is 9.05. The zero-order valence-electron chi connectivity index (χ0n) is 11.1. The van der Waals surface area contributed by atoms with Crippen LogP contribution in [0, 0.1) is 0 Å². The molecule has 0 saturated heterocycles. The van der Waals surface area contributed by atoms with E-state index in [-0.39, 0.29) is 11.3 Å².